The van der Waals surface area contributed by atoms with Crippen LogP contribution >= 0.6 is 0 Å². The van der Waals surface area contributed by atoms with Crippen LogP contribution in [0.3, 0.4) is 0 Å². The fourth-order valence-electron chi connectivity index (χ4n) is 1.16. The second kappa shape index (κ2) is 2.45. The van der Waals surface area contributed by atoms with Crippen LogP contribution < -0.4 is 0 Å². The van der Waals surface area contributed by atoms with E-state index in [2.05, 4.69) is 20.4 Å². The highest BCUT2D eigenvalue weighted by Crippen LogP contribution is 2.30. The van der Waals surface area contributed by atoms with Crippen molar-refractivity contribution in [3.63, 3.8) is 0 Å². The summed E-state index contributed by atoms with van der Waals surface area (Å²) in [5.41, 5.74) is 0. The Morgan fingerprint density at radius 2 is 2.30 bits per heavy atom. The summed E-state index contributed by atoms with van der Waals surface area (Å²) in [5, 5.41) is 0. The number of esters is 1. The maximum Gasteiger partial charge on any atom is 0.311 e. The Bertz CT molecular complexity index is 170. The lowest BCUT2D eigenvalue weighted by Gasteiger charge is -2.10. The number of hydrogen-bond donors (Lipinski definition) is 0. The molecule has 0 spiro atoms. The molecule has 10 heavy (non-hydrogen) atoms. The molecule has 0 radical (unpaired) electrons. The topological polar surface area (TPSA) is 26.3 Å². The van der Waals surface area contributed by atoms with Crippen LogP contribution in [0.25, 0.3) is 0 Å². The van der Waals surface area contributed by atoms with Gasteiger partial charge in [0.2, 0.25) is 0 Å². The van der Waals surface area contributed by atoms with Crippen LogP contribution in [0, 0.1) is 11.8 Å². The first-order valence-electron chi connectivity index (χ1n) is 3.50. The Kier molecular flexibility index (Phi) is 1.79. The summed E-state index contributed by atoms with van der Waals surface area (Å²) in [6, 6.07) is 0. The van der Waals surface area contributed by atoms with Gasteiger partial charge < -0.3 is 4.74 Å². The van der Waals surface area contributed by atoms with E-state index in [1.54, 1.807) is 0 Å². The number of cyclic esters (lactones) is 1. The van der Waals surface area contributed by atoms with E-state index in [0.717, 1.165) is 0 Å². The molecule has 1 saturated heterocycles. The highest BCUT2D eigenvalue weighted by Gasteiger charge is 2.30. The smallest absolute Gasteiger partial charge is 0.311 e. The third kappa shape index (κ3) is 1.20. The van der Waals surface area contributed by atoms with Gasteiger partial charge in [-0.2, -0.15) is 0 Å². The van der Waals surface area contributed by atoms with Crippen molar-refractivity contribution in [2.75, 3.05) is 0 Å². The molecule has 2 nitrogen and oxygen atoms in total. The molecule has 1 rings (SSSR count). The molecule has 0 aromatic rings. The average molecular weight is 140 g/mol. The van der Waals surface area contributed by atoms with Crippen LogP contribution in [0.2, 0.25) is 0 Å². The van der Waals surface area contributed by atoms with Crippen LogP contribution in [0.5, 0.6) is 0 Å². The molecule has 0 aliphatic carbocycles. The molecule has 0 bridgehead atoms. The Hall–Kier alpha value is -0.790. The van der Waals surface area contributed by atoms with Crippen molar-refractivity contribution in [3.05, 3.63) is 12.3 Å². The van der Waals surface area contributed by atoms with Gasteiger partial charge in [-0.1, -0.05) is 20.4 Å². The molecule has 2 heteroatoms. The third-order valence-corrected chi connectivity index (χ3v) is 1.85. The number of rotatable bonds is 1. The average Bonchev–Trinajstić information content (AvgIpc) is 2.10. The number of hydrogen-bond acceptors (Lipinski definition) is 2. The highest BCUT2D eigenvalue weighted by molar-refractivity contribution is 5.74. The minimum atomic E-state index is -0.135. The van der Waals surface area contributed by atoms with E-state index in [9.17, 15) is 4.79 Å². The van der Waals surface area contributed by atoms with Crippen molar-refractivity contribution in [3.8, 4) is 0 Å². The molecule has 1 heterocycles. The van der Waals surface area contributed by atoms with Crippen LogP contribution in [0.15, 0.2) is 12.3 Å². The van der Waals surface area contributed by atoms with Gasteiger partial charge in [-0.3, -0.25) is 4.79 Å². The molecular formula is C8H12O2. The van der Waals surface area contributed by atoms with Gasteiger partial charge in [0.25, 0.3) is 0 Å². The first-order valence-corrected chi connectivity index (χ1v) is 3.50. The fraction of sp³-hybridized carbons (Fsp3) is 0.625. The second-order valence-corrected chi connectivity index (χ2v) is 3.00. The van der Waals surface area contributed by atoms with Gasteiger partial charge in [-0.15, -0.1) is 0 Å². The SMILES string of the molecule is C=C1OC(=O)CC1C(C)C. The lowest BCUT2D eigenvalue weighted by Crippen LogP contribution is -2.05. The fourth-order valence-corrected chi connectivity index (χ4v) is 1.16. The van der Waals surface area contributed by atoms with Crippen molar-refractivity contribution >= 4 is 5.97 Å². The van der Waals surface area contributed by atoms with Crippen molar-refractivity contribution < 1.29 is 9.53 Å². The molecule has 0 N–H and O–H groups in total. The van der Waals surface area contributed by atoms with Crippen LogP contribution in [-0.4, -0.2) is 5.97 Å². The molecule has 0 aromatic carbocycles. The quantitative estimate of drug-likeness (QED) is 0.518. The molecular weight excluding hydrogens is 128 g/mol. The monoisotopic (exact) mass is 140 g/mol. The van der Waals surface area contributed by atoms with Gasteiger partial charge in [0.05, 0.1) is 6.42 Å². The van der Waals surface area contributed by atoms with Gasteiger partial charge in [-0.25, -0.2) is 0 Å². The van der Waals surface area contributed by atoms with Gasteiger partial charge in [-0.05, 0) is 5.92 Å². The van der Waals surface area contributed by atoms with Crippen molar-refractivity contribution in [2.45, 2.75) is 20.3 Å². The summed E-state index contributed by atoms with van der Waals surface area (Å²) < 4.78 is 4.80. The molecule has 1 aliphatic heterocycles. The largest absolute Gasteiger partial charge is 0.431 e. The van der Waals surface area contributed by atoms with Gasteiger partial charge in [0, 0.05) is 5.92 Å². The van der Waals surface area contributed by atoms with E-state index >= 15 is 0 Å². The molecule has 0 amide bonds. The van der Waals surface area contributed by atoms with Gasteiger partial charge in [0.15, 0.2) is 0 Å². The van der Waals surface area contributed by atoms with Crippen molar-refractivity contribution in [1.82, 2.24) is 0 Å². The van der Waals surface area contributed by atoms with Crippen LogP contribution in [-0.2, 0) is 9.53 Å². The Balaban J connectivity index is 2.63. The summed E-state index contributed by atoms with van der Waals surface area (Å²) in [7, 11) is 0. The molecule has 1 aliphatic rings. The number of allylic oxidation sites excluding steroid dienone is 1. The van der Waals surface area contributed by atoms with E-state index in [-0.39, 0.29) is 11.9 Å². The zero-order valence-corrected chi connectivity index (χ0v) is 6.39. The Morgan fingerprint density at radius 1 is 1.70 bits per heavy atom. The molecule has 0 saturated carbocycles. The summed E-state index contributed by atoms with van der Waals surface area (Å²) in [5.74, 6) is 1.20. The van der Waals surface area contributed by atoms with E-state index in [0.29, 0.717) is 18.1 Å². The van der Waals surface area contributed by atoms with Crippen LogP contribution in [0.4, 0.5) is 0 Å². The highest BCUT2D eigenvalue weighted by atomic mass is 16.5. The summed E-state index contributed by atoms with van der Waals surface area (Å²) >= 11 is 0. The normalized spacial score (nSPS) is 25.7. The van der Waals surface area contributed by atoms with Crippen molar-refractivity contribution in [1.29, 1.82) is 0 Å². The summed E-state index contributed by atoms with van der Waals surface area (Å²) in [6.45, 7) is 7.80. The molecule has 1 fully saturated rings. The van der Waals surface area contributed by atoms with Crippen LogP contribution in [0.1, 0.15) is 20.3 Å². The summed E-state index contributed by atoms with van der Waals surface area (Å²) in [6.07, 6.45) is 0.510. The zero-order chi connectivity index (χ0) is 7.72. The molecule has 56 valence electrons. The summed E-state index contributed by atoms with van der Waals surface area (Å²) in [4.78, 5) is 10.7. The number of carbonyl (C=O) groups excluding carboxylic acids is 1. The first-order chi connectivity index (χ1) is 4.61. The maximum absolute atomic E-state index is 10.7. The van der Waals surface area contributed by atoms with E-state index in [1.165, 1.54) is 0 Å². The van der Waals surface area contributed by atoms with Crippen molar-refractivity contribution in [2.24, 2.45) is 11.8 Å². The van der Waals surface area contributed by atoms with Gasteiger partial charge >= 0.3 is 5.97 Å². The second-order valence-electron chi connectivity index (χ2n) is 3.00. The molecule has 1 atom stereocenters. The van der Waals surface area contributed by atoms with Gasteiger partial charge in [0.1, 0.15) is 5.76 Å². The van der Waals surface area contributed by atoms with E-state index in [4.69, 9.17) is 4.74 Å². The predicted octanol–water partition coefficient (Wildman–Crippen LogP) is 1.72. The molecule has 0 aromatic heterocycles. The molecule has 1 unspecified atom stereocenters. The minimum absolute atomic E-state index is 0.135. The third-order valence-electron chi connectivity index (χ3n) is 1.85. The lowest BCUT2D eigenvalue weighted by molar-refractivity contribution is -0.135. The predicted molar refractivity (Wildman–Crippen MR) is 38.2 cm³/mol. The Labute approximate surface area is 60.9 Å². The first kappa shape index (κ1) is 7.32. The standard InChI is InChI=1S/C8H12O2/c1-5(2)7-4-8(9)10-6(7)3/h5,7H,3-4H2,1-2H3. The van der Waals surface area contributed by atoms with E-state index in [1.807, 2.05) is 0 Å². The maximum atomic E-state index is 10.7. The number of carbonyl (C=O) groups is 1. The zero-order valence-electron chi connectivity index (χ0n) is 6.39. The number of ether oxygens (including phenoxy) is 1. The van der Waals surface area contributed by atoms with E-state index < -0.39 is 0 Å². The lowest BCUT2D eigenvalue weighted by atomic mass is 9.93. The minimum Gasteiger partial charge on any atom is -0.431 e. The Morgan fingerprint density at radius 3 is 2.50 bits per heavy atom.